The van der Waals surface area contributed by atoms with Crippen LogP contribution in [0.3, 0.4) is 0 Å². The first-order valence-electron chi connectivity index (χ1n) is 7.62. The lowest BCUT2D eigenvalue weighted by molar-refractivity contribution is -0.128. The number of alkyl halides is 1. The highest BCUT2D eigenvalue weighted by Crippen LogP contribution is 2.26. The van der Waals surface area contributed by atoms with Crippen LogP contribution in [0.15, 0.2) is 18.2 Å². The molecule has 0 aromatic heterocycles. The van der Waals surface area contributed by atoms with Gasteiger partial charge in [0.15, 0.2) is 0 Å². The SMILES string of the molecule is CC1(C)CN(Cc2ccc3c(c2)CCC3)CC(CBr)O1. The Morgan fingerprint density at radius 1 is 1.30 bits per heavy atom. The van der Waals surface area contributed by atoms with Crippen LogP contribution in [-0.2, 0) is 24.1 Å². The highest BCUT2D eigenvalue weighted by molar-refractivity contribution is 9.09. The van der Waals surface area contributed by atoms with E-state index in [0.717, 1.165) is 25.0 Å². The first-order chi connectivity index (χ1) is 9.55. The Balaban J connectivity index is 1.70. The summed E-state index contributed by atoms with van der Waals surface area (Å²) in [6, 6.07) is 7.08. The number of morpholine rings is 1. The average molecular weight is 338 g/mol. The molecule has 1 heterocycles. The summed E-state index contributed by atoms with van der Waals surface area (Å²) in [5.74, 6) is 0. The standard InChI is InChI=1S/C17H24BrNO/c1-17(2)12-19(11-16(9-18)20-17)10-13-6-7-14-4-3-5-15(14)8-13/h6-8,16H,3-5,9-12H2,1-2H3. The summed E-state index contributed by atoms with van der Waals surface area (Å²) in [7, 11) is 0. The third-order valence-corrected chi connectivity index (χ3v) is 5.02. The van der Waals surface area contributed by atoms with Crippen molar-refractivity contribution in [1.29, 1.82) is 0 Å². The zero-order valence-corrected chi connectivity index (χ0v) is 14.1. The minimum Gasteiger partial charge on any atom is -0.369 e. The van der Waals surface area contributed by atoms with Gasteiger partial charge in [-0.1, -0.05) is 34.1 Å². The van der Waals surface area contributed by atoms with Gasteiger partial charge in [-0.05, 0) is 49.8 Å². The van der Waals surface area contributed by atoms with E-state index in [1.807, 2.05) is 0 Å². The monoisotopic (exact) mass is 337 g/mol. The molecule has 0 N–H and O–H groups in total. The molecule has 1 saturated heterocycles. The summed E-state index contributed by atoms with van der Waals surface area (Å²) >= 11 is 3.56. The van der Waals surface area contributed by atoms with Gasteiger partial charge in [-0.25, -0.2) is 0 Å². The first-order valence-corrected chi connectivity index (χ1v) is 8.75. The molecule has 3 rings (SSSR count). The number of hydrogen-bond donors (Lipinski definition) is 0. The predicted octanol–water partition coefficient (Wildman–Crippen LogP) is 3.55. The molecule has 1 aliphatic carbocycles. The maximum absolute atomic E-state index is 6.08. The van der Waals surface area contributed by atoms with Crippen molar-refractivity contribution in [1.82, 2.24) is 4.90 Å². The Bertz CT molecular complexity index is 486. The van der Waals surface area contributed by atoms with Crippen LogP contribution in [-0.4, -0.2) is 35.0 Å². The number of fused-ring (bicyclic) bond motifs is 1. The number of hydrogen-bond acceptors (Lipinski definition) is 2. The summed E-state index contributed by atoms with van der Waals surface area (Å²) in [6.07, 6.45) is 4.16. The van der Waals surface area contributed by atoms with E-state index in [1.54, 1.807) is 11.1 Å². The number of ether oxygens (including phenoxy) is 1. The van der Waals surface area contributed by atoms with Crippen LogP contribution in [0.1, 0.15) is 37.0 Å². The van der Waals surface area contributed by atoms with Gasteiger partial charge in [0.25, 0.3) is 0 Å². The van der Waals surface area contributed by atoms with Gasteiger partial charge in [0.2, 0.25) is 0 Å². The van der Waals surface area contributed by atoms with Crippen LogP contribution in [0.4, 0.5) is 0 Å². The Morgan fingerprint density at radius 2 is 2.10 bits per heavy atom. The van der Waals surface area contributed by atoms with Gasteiger partial charge in [-0.3, -0.25) is 4.90 Å². The fourth-order valence-electron chi connectivity index (χ4n) is 3.60. The maximum Gasteiger partial charge on any atom is 0.0806 e. The lowest BCUT2D eigenvalue weighted by Crippen LogP contribution is -2.52. The van der Waals surface area contributed by atoms with Crippen LogP contribution >= 0.6 is 15.9 Å². The predicted molar refractivity (Wildman–Crippen MR) is 86.5 cm³/mol. The zero-order chi connectivity index (χ0) is 14.2. The van der Waals surface area contributed by atoms with Crippen molar-refractivity contribution in [2.45, 2.75) is 51.4 Å². The summed E-state index contributed by atoms with van der Waals surface area (Å²) in [6.45, 7) is 7.46. The molecule has 1 unspecified atom stereocenters. The van der Waals surface area contributed by atoms with E-state index in [-0.39, 0.29) is 5.60 Å². The number of aryl methyl sites for hydroxylation is 2. The molecule has 2 nitrogen and oxygen atoms in total. The Morgan fingerprint density at radius 3 is 2.90 bits per heavy atom. The molecule has 0 saturated carbocycles. The third-order valence-electron chi connectivity index (χ3n) is 4.29. The number of halogens is 1. The molecule has 110 valence electrons. The second-order valence-corrected chi connectivity index (χ2v) is 7.43. The molecule has 0 radical (unpaired) electrons. The molecular weight excluding hydrogens is 314 g/mol. The maximum atomic E-state index is 6.08. The van der Waals surface area contributed by atoms with Crippen molar-refractivity contribution >= 4 is 15.9 Å². The second kappa shape index (κ2) is 5.78. The summed E-state index contributed by atoms with van der Waals surface area (Å²) in [5, 5.41) is 0.914. The summed E-state index contributed by atoms with van der Waals surface area (Å²) < 4.78 is 6.08. The smallest absolute Gasteiger partial charge is 0.0806 e. The van der Waals surface area contributed by atoms with E-state index in [0.29, 0.717) is 6.10 Å². The molecule has 1 atom stereocenters. The molecule has 20 heavy (non-hydrogen) atoms. The Kier molecular flexibility index (Phi) is 4.21. The fourth-order valence-corrected chi connectivity index (χ4v) is 3.94. The lowest BCUT2D eigenvalue weighted by Gasteiger charge is -2.42. The molecule has 2 aliphatic rings. The van der Waals surface area contributed by atoms with Crippen LogP contribution < -0.4 is 0 Å². The third kappa shape index (κ3) is 3.26. The number of benzene rings is 1. The van der Waals surface area contributed by atoms with E-state index in [9.17, 15) is 0 Å². The van der Waals surface area contributed by atoms with Crippen LogP contribution in [0.25, 0.3) is 0 Å². The largest absolute Gasteiger partial charge is 0.369 e. The lowest BCUT2D eigenvalue weighted by atomic mass is 10.0. The quantitative estimate of drug-likeness (QED) is 0.782. The van der Waals surface area contributed by atoms with Crippen molar-refractivity contribution in [3.05, 3.63) is 34.9 Å². The Hall–Kier alpha value is -0.380. The van der Waals surface area contributed by atoms with Crippen molar-refractivity contribution in [2.75, 3.05) is 18.4 Å². The molecule has 1 aromatic rings. The molecule has 0 amide bonds. The number of rotatable bonds is 3. The molecule has 1 fully saturated rings. The van der Waals surface area contributed by atoms with Gasteiger partial charge >= 0.3 is 0 Å². The van der Waals surface area contributed by atoms with E-state index in [4.69, 9.17) is 4.74 Å². The Labute approximate surface area is 130 Å². The van der Waals surface area contributed by atoms with Crippen molar-refractivity contribution < 1.29 is 4.74 Å². The van der Waals surface area contributed by atoms with Gasteiger partial charge in [-0.2, -0.15) is 0 Å². The second-order valence-electron chi connectivity index (χ2n) is 6.78. The molecule has 0 bridgehead atoms. The van der Waals surface area contributed by atoms with E-state index >= 15 is 0 Å². The zero-order valence-electron chi connectivity index (χ0n) is 12.5. The van der Waals surface area contributed by atoms with Crippen molar-refractivity contribution in [3.63, 3.8) is 0 Å². The van der Waals surface area contributed by atoms with Crippen molar-refractivity contribution in [3.8, 4) is 0 Å². The van der Waals surface area contributed by atoms with Gasteiger partial charge in [-0.15, -0.1) is 0 Å². The fraction of sp³-hybridized carbons (Fsp3) is 0.647. The van der Waals surface area contributed by atoms with E-state index in [1.165, 1.54) is 24.8 Å². The first kappa shape index (κ1) is 14.6. The molecule has 0 spiro atoms. The topological polar surface area (TPSA) is 12.5 Å². The summed E-state index contributed by atoms with van der Waals surface area (Å²) in [4.78, 5) is 2.53. The molecule has 3 heteroatoms. The van der Waals surface area contributed by atoms with Gasteiger partial charge in [0, 0.05) is 25.0 Å². The van der Waals surface area contributed by atoms with Gasteiger partial charge in [0.05, 0.1) is 11.7 Å². The highest BCUT2D eigenvalue weighted by Gasteiger charge is 2.32. The normalized spacial score (nSPS) is 25.6. The molecular formula is C17H24BrNO. The average Bonchev–Trinajstić information content (AvgIpc) is 2.84. The number of nitrogens with zero attached hydrogens (tertiary/aromatic N) is 1. The summed E-state index contributed by atoms with van der Waals surface area (Å²) in [5.41, 5.74) is 4.55. The van der Waals surface area contributed by atoms with Crippen LogP contribution in [0.2, 0.25) is 0 Å². The van der Waals surface area contributed by atoms with Crippen LogP contribution in [0, 0.1) is 0 Å². The van der Waals surface area contributed by atoms with Gasteiger partial charge < -0.3 is 4.74 Å². The van der Waals surface area contributed by atoms with Crippen LogP contribution in [0.5, 0.6) is 0 Å². The van der Waals surface area contributed by atoms with E-state index in [2.05, 4.69) is 52.9 Å². The van der Waals surface area contributed by atoms with Crippen molar-refractivity contribution in [2.24, 2.45) is 0 Å². The molecule has 1 aromatic carbocycles. The van der Waals surface area contributed by atoms with E-state index < -0.39 is 0 Å². The minimum atomic E-state index is -0.0482. The minimum absolute atomic E-state index is 0.0482. The molecule has 1 aliphatic heterocycles. The highest BCUT2D eigenvalue weighted by atomic mass is 79.9. The van der Waals surface area contributed by atoms with Gasteiger partial charge in [0.1, 0.15) is 0 Å².